The van der Waals surface area contributed by atoms with E-state index in [1.807, 2.05) is 0 Å². The fraction of sp³-hybridized carbons (Fsp3) is 0.556. The molecule has 1 atom stereocenters. The number of piperidine rings is 1. The Bertz CT molecular complexity index is 962. The Balaban J connectivity index is 1.46. The molecule has 2 fully saturated rings. The zero-order valence-corrected chi connectivity index (χ0v) is 15.5. The molecular formula is C18H21F3N4O4. The van der Waals surface area contributed by atoms with Crippen molar-refractivity contribution in [2.45, 2.75) is 37.7 Å². The van der Waals surface area contributed by atoms with E-state index in [2.05, 4.69) is 14.6 Å². The number of amides is 1. The zero-order chi connectivity index (χ0) is 20.8. The summed E-state index contributed by atoms with van der Waals surface area (Å²) in [5.41, 5.74) is 0.480. The number of rotatable bonds is 3. The highest BCUT2D eigenvalue weighted by atomic mass is 19.4. The van der Waals surface area contributed by atoms with E-state index in [1.165, 1.54) is 23.1 Å². The van der Waals surface area contributed by atoms with E-state index in [1.54, 1.807) is 4.57 Å². The first-order valence-corrected chi connectivity index (χ1v) is 9.43. The van der Waals surface area contributed by atoms with Gasteiger partial charge in [-0.05, 0) is 31.4 Å². The van der Waals surface area contributed by atoms with Crippen LogP contribution in [0, 0.1) is 0 Å². The number of alkyl halides is 3. The highest BCUT2D eigenvalue weighted by Crippen LogP contribution is 2.30. The first-order valence-electron chi connectivity index (χ1n) is 9.43. The summed E-state index contributed by atoms with van der Waals surface area (Å²) >= 11 is 0. The Hall–Kier alpha value is -2.69. The molecule has 0 bridgehead atoms. The quantitative estimate of drug-likeness (QED) is 0.806. The van der Waals surface area contributed by atoms with Gasteiger partial charge < -0.3 is 19.7 Å². The van der Waals surface area contributed by atoms with Gasteiger partial charge in [-0.1, -0.05) is 0 Å². The molecule has 2 saturated heterocycles. The summed E-state index contributed by atoms with van der Waals surface area (Å²) in [6.45, 7) is 2.49. The van der Waals surface area contributed by atoms with Gasteiger partial charge in [-0.25, -0.2) is 9.59 Å². The number of ether oxygens (including phenoxy) is 1. The van der Waals surface area contributed by atoms with Crippen LogP contribution in [-0.4, -0.2) is 69.1 Å². The van der Waals surface area contributed by atoms with Gasteiger partial charge in [-0.15, -0.1) is 13.2 Å². The second kappa shape index (κ2) is 7.29. The molecule has 2 aliphatic rings. The third kappa shape index (κ3) is 4.04. The SMILES string of the molecule is O=C(O)N1CC[C@H](N2CCC(n3c(=O)[nH]c4cc(OC(F)(F)F)ccc43)CC2)C1. The predicted molar refractivity (Wildman–Crippen MR) is 97.1 cm³/mol. The Kier molecular flexibility index (Phi) is 4.93. The number of halogens is 3. The molecule has 158 valence electrons. The molecule has 1 aromatic carbocycles. The lowest BCUT2D eigenvalue weighted by Gasteiger charge is -2.36. The average molecular weight is 414 g/mol. The number of nitrogens with one attached hydrogen (secondary N) is 1. The molecule has 2 N–H and O–H groups in total. The molecule has 0 unspecified atom stereocenters. The minimum Gasteiger partial charge on any atom is -0.465 e. The van der Waals surface area contributed by atoms with Gasteiger partial charge >= 0.3 is 18.1 Å². The second-order valence-corrected chi connectivity index (χ2v) is 7.47. The minimum atomic E-state index is -4.79. The molecule has 0 spiro atoms. The monoisotopic (exact) mass is 414 g/mol. The summed E-state index contributed by atoms with van der Waals surface area (Å²) in [6.07, 6.45) is -3.48. The van der Waals surface area contributed by atoms with Gasteiger partial charge in [0.2, 0.25) is 0 Å². The van der Waals surface area contributed by atoms with Crippen LogP contribution in [0.1, 0.15) is 25.3 Å². The number of aromatic nitrogens is 2. The topological polar surface area (TPSA) is 90.8 Å². The molecule has 0 saturated carbocycles. The number of carbonyl (C=O) groups is 1. The number of nitrogens with zero attached hydrogens (tertiary/aromatic N) is 3. The average Bonchev–Trinajstić information content (AvgIpc) is 3.24. The van der Waals surface area contributed by atoms with Crippen molar-refractivity contribution in [1.29, 1.82) is 0 Å². The number of aromatic amines is 1. The Morgan fingerprint density at radius 3 is 2.45 bits per heavy atom. The van der Waals surface area contributed by atoms with E-state index in [-0.39, 0.29) is 23.5 Å². The lowest BCUT2D eigenvalue weighted by atomic mass is 10.0. The first kappa shape index (κ1) is 19.6. The fourth-order valence-corrected chi connectivity index (χ4v) is 4.39. The molecular weight excluding hydrogens is 393 g/mol. The van der Waals surface area contributed by atoms with Gasteiger partial charge in [0.1, 0.15) is 5.75 Å². The smallest absolute Gasteiger partial charge is 0.465 e. The summed E-state index contributed by atoms with van der Waals surface area (Å²) < 4.78 is 42.7. The maximum Gasteiger partial charge on any atom is 0.573 e. The molecule has 0 radical (unpaired) electrons. The Morgan fingerprint density at radius 1 is 1.14 bits per heavy atom. The van der Waals surface area contributed by atoms with Crippen LogP contribution in [0.4, 0.5) is 18.0 Å². The van der Waals surface area contributed by atoms with Crippen molar-refractivity contribution >= 4 is 17.1 Å². The number of hydrogen-bond acceptors (Lipinski definition) is 4. The Labute approximate surface area is 163 Å². The van der Waals surface area contributed by atoms with E-state index in [4.69, 9.17) is 5.11 Å². The summed E-state index contributed by atoms with van der Waals surface area (Å²) in [5.74, 6) is -0.377. The molecule has 2 aromatic rings. The van der Waals surface area contributed by atoms with Crippen molar-refractivity contribution in [2.24, 2.45) is 0 Å². The molecule has 3 heterocycles. The first-order chi connectivity index (χ1) is 13.7. The molecule has 1 amide bonds. The van der Waals surface area contributed by atoms with Crippen molar-refractivity contribution < 1.29 is 27.8 Å². The van der Waals surface area contributed by atoms with E-state index in [0.29, 0.717) is 37.0 Å². The molecule has 2 aliphatic heterocycles. The van der Waals surface area contributed by atoms with E-state index in [0.717, 1.165) is 19.5 Å². The maximum absolute atomic E-state index is 12.4. The van der Waals surface area contributed by atoms with Crippen molar-refractivity contribution in [3.63, 3.8) is 0 Å². The zero-order valence-electron chi connectivity index (χ0n) is 15.5. The highest BCUT2D eigenvalue weighted by molar-refractivity contribution is 5.77. The van der Waals surface area contributed by atoms with Crippen molar-refractivity contribution in [3.8, 4) is 5.75 Å². The van der Waals surface area contributed by atoms with Crippen LogP contribution in [0.3, 0.4) is 0 Å². The van der Waals surface area contributed by atoms with Crippen LogP contribution in [-0.2, 0) is 0 Å². The second-order valence-electron chi connectivity index (χ2n) is 7.47. The molecule has 4 rings (SSSR count). The number of likely N-dealkylation sites (tertiary alicyclic amines) is 2. The lowest BCUT2D eigenvalue weighted by Crippen LogP contribution is -2.44. The summed E-state index contributed by atoms with van der Waals surface area (Å²) in [5, 5.41) is 9.10. The third-order valence-electron chi connectivity index (χ3n) is 5.74. The van der Waals surface area contributed by atoms with Crippen LogP contribution in [0.5, 0.6) is 5.75 Å². The number of carboxylic acid groups (broad SMARTS) is 1. The molecule has 11 heteroatoms. The number of benzene rings is 1. The number of imidazole rings is 1. The van der Waals surface area contributed by atoms with Gasteiger partial charge in [-0.2, -0.15) is 0 Å². The van der Waals surface area contributed by atoms with E-state index in [9.17, 15) is 22.8 Å². The van der Waals surface area contributed by atoms with Crippen molar-refractivity contribution in [1.82, 2.24) is 19.4 Å². The molecule has 29 heavy (non-hydrogen) atoms. The molecule has 1 aromatic heterocycles. The van der Waals surface area contributed by atoms with Gasteiger partial charge in [0.15, 0.2) is 0 Å². The van der Waals surface area contributed by atoms with Crippen LogP contribution < -0.4 is 10.4 Å². The van der Waals surface area contributed by atoms with Crippen molar-refractivity contribution in [2.75, 3.05) is 26.2 Å². The predicted octanol–water partition coefficient (Wildman–Crippen LogP) is 2.62. The van der Waals surface area contributed by atoms with Gasteiger partial charge in [-0.3, -0.25) is 9.47 Å². The largest absolute Gasteiger partial charge is 0.573 e. The molecule has 0 aliphatic carbocycles. The van der Waals surface area contributed by atoms with Crippen LogP contribution in [0.2, 0.25) is 0 Å². The van der Waals surface area contributed by atoms with E-state index >= 15 is 0 Å². The third-order valence-corrected chi connectivity index (χ3v) is 5.74. The van der Waals surface area contributed by atoms with Crippen LogP contribution in [0.25, 0.3) is 11.0 Å². The number of hydrogen-bond donors (Lipinski definition) is 2. The van der Waals surface area contributed by atoms with Gasteiger partial charge in [0, 0.05) is 44.3 Å². The molecule has 8 nitrogen and oxygen atoms in total. The number of fused-ring (bicyclic) bond motifs is 1. The number of H-pyrrole nitrogens is 1. The Morgan fingerprint density at radius 2 is 1.83 bits per heavy atom. The fourth-order valence-electron chi connectivity index (χ4n) is 4.39. The van der Waals surface area contributed by atoms with Gasteiger partial charge in [0.25, 0.3) is 0 Å². The lowest BCUT2D eigenvalue weighted by molar-refractivity contribution is -0.274. The van der Waals surface area contributed by atoms with Crippen molar-refractivity contribution in [3.05, 3.63) is 28.7 Å². The van der Waals surface area contributed by atoms with Gasteiger partial charge in [0.05, 0.1) is 11.0 Å². The van der Waals surface area contributed by atoms with E-state index < -0.39 is 12.5 Å². The highest BCUT2D eigenvalue weighted by Gasteiger charge is 2.34. The minimum absolute atomic E-state index is 0.0705. The summed E-state index contributed by atoms with van der Waals surface area (Å²) in [6, 6.07) is 3.96. The maximum atomic E-state index is 12.4. The van der Waals surface area contributed by atoms with Crippen LogP contribution in [0.15, 0.2) is 23.0 Å². The summed E-state index contributed by atoms with van der Waals surface area (Å²) in [4.78, 5) is 29.8. The van der Waals surface area contributed by atoms with Crippen LogP contribution >= 0.6 is 0 Å². The standard InChI is InChI=1S/C18H21F3N4O4/c19-18(20,21)29-13-1-2-15-14(9-13)22-16(26)25(15)11-3-6-23(7-4-11)12-5-8-24(10-12)17(27)28/h1-2,9,11-12H,3-8,10H2,(H,22,26)(H,27,28)/t12-/m0/s1. The summed E-state index contributed by atoms with van der Waals surface area (Å²) in [7, 11) is 0. The normalized spacial score (nSPS) is 21.8.